The summed E-state index contributed by atoms with van der Waals surface area (Å²) in [5.74, 6) is -3.93. The highest BCUT2D eigenvalue weighted by Crippen LogP contribution is 2.49. The summed E-state index contributed by atoms with van der Waals surface area (Å²) >= 11 is 2.65. The maximum Gasteiger partial charge on any atom is 0.410 e. The molecule has 0 radical (unpaired) electrons. The van der Waals surface area contributed by atoms with Crippen LogP contribution in [0.4, 0.5) is 39.8 Å². The number of fused-ring (bicyclic) bond motifs is 1. The fraction of sp³-hybridized carbons (Fsp3) is 0.615. The van der Waals surface area contributed by atoms with Crippen molar-refractivity contribution in [2.24, 2.45) is 5.92 Å². The lowest BCUT2D eigenvalue weighted by Gasteiger charge is -2.37. The number of aromatic nitrogens is 6. The molecule has 13 nitrogen and oxygen atoms in total. The van der Waals surface area contributed by atoms with Crippen molar-refractivity contribution in [2.45, 2.75) is 95.1 Å². The molecule has 3 unspecified atom stereocenters. The third-order valence-corrected chi connectivity index (χ3v) is 14.2. The van der Waals surface area contributed by atoms with Crippen LogP contribution in [0.3, 0.4) is 0 Å². The highest BCUT2D eigenvalue weighted by atomic mass is 32.1. The van der Waals surface area contributed by atoms with Crippen LogP contribution < -0.4 is 15.1 Å². The summed E-state index contributed by atoms with van der Waals surface area (Å²) < 4.78 is 70.9. The number of carbonyl (C=O) groups excluding carboxylic acids is 1. The number of amides is 1. The van der Waals surface area contributed by atoms with Crippen LogP contribution in [0.5, 0.6) is 0 Å². The number of hydrogen-bond acceptors (Lipinski definition) is 14. The van der Waals surface area contributed by atoms with Crippen molar-refractivity contribution < 1.29 is 31.8 Å². The Morgan fingerprint density at radius 1 is 0.862 bits per heavy atom. The Hall–Kier alpha value is -4.23. The molecule has 1 amide bonds. The van der Waals surface area contributed by atoms with Gasteiger partial charge in [0.1, 0.15) is 24.1 Å². The molecule has 0 bridgehead atoms. The summed E-state index contributed by atoms with van der Waals surface area (Å²) in [4.78, 5) is 47.5. The first kappa shape index (κ1) is 39.2. The lowest BCUT2D eigenvalue weighted by atomic mass is 9.81. The Balaban J connectivity index is 0.975. The van der Waals surface area contributed by atoms with Crippen LogP contribution in [0.25, 0.3) is 21.7 Å². The second-order valence-electron chi connectivity index (χ2n) is 16.1. The molecule has 5 fully saturated rings. The van der Waals surface area contributed by atoms with Gasteiger partial charge in [0, 0.05) is 91.8 Å². The number of alkyl halides is 4. The van der Waals surface area contributed by atoms with E-state index in [0.717, 1.165) is 11.4 Å². The van der Waals surface area contributed by atoms with Gasteiger partial charge in [0.05, 0.1) is 30.9 Å². The van der Waals surface area contributed by atoms with Crippen molar-refractivity contribution >= 4 is 46.2 Å². The predicted octanol–water partition coefficient (Wildman–Crippen LogP) is 7.36. The Labute approximate surface area is 341 Å². The zero-order valence-electron chi connectivity index (χ0n) is 32.4. The van der Waals surface area contributed by atoms with Crippen molar-refractivity contribution in [1.29, 1.82) is 0 Å². The monoisotopic (exact) mass is 842 g/mol. The van der Waals surface area contributed by atoms with Gasteiger partial charge < -0.3 is 24.6 Å². The number of hydrogen-bond donors (Lipinski definition) is 1. The van der Waals surface area contributed by atoms with Crippen LogP contribution in [0, 0.1) is 19.8 Å². The molecule has 58 heavy (non-hydrogen) atoms. The number of rotatable bonds is 9. The van der Waals surface area contributed by atoms with Gasteiger partial charge in [0.2, 0.25) is 5.92 Å². The van der Waals surface area contributed by atoms with Crippen molar-refractivity contribution in [1.82, 2.24) is 34.8 Å². The fourth-order valence-corrected chi connectivity index (χ4v) is 10.6. The Morgan fingerprint density at radius 2 is 1.62 bits per heavy atom. The number of nitrogens with zero attached hydrogens (tertiary/aromatic N) is 9. The van der Waals surface area contributed by atoms with E-state index >= 15 is 8.78 Å². The average Bonchev–Trinajstić information content (AvgIpc) is 3.94. The Morgan fingerprint density at radius 3 is 2.38 bits per heavy atom. The van der Waals surface area contributed by atoms with E-state index in [9.17, 15) is 13.6 Å². The van der Waals surface area contributed by atoms with Crippen molar-refractivity contribution in [3.8, 4) is 21.7 Å². The van der Waals surface area contributed by atoms with E-state index in [1.54, 1.807) is 11.8 Å². The summed E-state index contributed by atoms with van der Waals surface area (Å²) in [5.41, 5.74) is 2.11. The van der Waals surface area contributed by atoms with Crippen LogP contribution in [-0.4, -0.2) is 117 Å². The quantitative estimate of drug-likeness (QED) is 0.169. The van der Waals surface area contributed by atoms with E-state index in [1.165, 1.54) is 22.7 Å². The number of thiazole rings is 2. The summed E-state index contributed by atoms with van der Waals surface area (Å²) in [6.07, 6.45) is 0.880. The molecule has 0 spiro atoms. The SMILES string of the molecule is Cc1csc(-c2nc(NC3CCC(F)(F)C(c4sc(-c5nc(CC6CCC(F)(F)CC6)cc(N6CCOCC6)n5)nc4C)C3)cc(N3CCN4C(=O)OCC4C3)n2)n1. The van der Waals surface area contributed by atoms with E-state index in [-0.39, 0.29) is 56.2 Å². The molecule has 3 atom stereocenters. The highest BCUT2D eigenvalue weighted by molar-refractivity contribution is 7.15. The number of nitrogens with one attached hydrogen (secondary N) is 1. The van der Waals surface area contributed by atoms with Gasteiger partial charge in [-0.15, -0.1) is 22.7 Å². The molecule has 1 N–H and O–H groups in total. The van der Waals surface area contributed by atoms with Gasteiger partial charge in [0.15, 0.2) is 21.7 Å². The Kier molecular flexibility index (Phi) is 10.7. The second-order valence-corrected chi connectivity index (χ2v) is 18.0. The zero-order valence-corrected chi connectivity index (χ0v) is 34.1. The number of halogens is 4. The normalized spacial score (nSPS) is 24.8. The number of carbonyl (C=O) groups is 1. The predicted molar refractivity (Wildman–Crippen MR) is 212 cm³/mol. The van der Waals surface area contributed by atoms with E-state index in [1.807, 2.05) is 24.4 Å². The van der Waals surface area contributed by atoms with E-state index in [2.05, 4.69) is 20.1 Å². The van der Waals surface area contributed by atoms with Gasteiger partial charge in [-0.05, 0) is 51.9 Å². The molecular weight excluding hydrogens is 797 g/mol. The van der Waals surface area contributed by atoms with Crippen molar-refractivity contribution in [2.75, 3.05) is 67.7 Å². The van der Waals surface area contributed by atoms with E-state index < -0.39 is 17.8 Å². The maximum atomic E-state index is 16.0. The summed E-state index contributed by atoms with van der Waals surface area (Å²) in [5, 5.41) is 6.55. The third-order valence-electron chi connectivity index (χ3n) is 11.9. The van der Waals surface area contributed by atoms with Gasteiger partial charge >= 0.3 is 6.09 Å². The standard InChI is InChI=1S/C39H46F4N10O3S2/c1-22-21-57-35(44-22)33-48-29(18-31(50-33)52-9-10-53-27(19-52)20-56-37(53)54)46-25-5-8-39(42,43)28(16-25)32-23(2)45-36(58-32)34-47-26(15-24-3-6-38(40,41)7-4-24)17-30(49-34)51-11-13-55-14-12-51/h17-18,21,24-25,27-28H,3-16,19-20H2,1-2H3,(H,46,48,50). The van der Waals surface area contributed by atoms with Crippen molar-refractivity contribution in [3.63, 3.8) is 0 Å². The van der Waals surface area contributed by atoms with Gasteiger partial charge in [-0.1, -0.05) is 0 Å². The number of aryl methyl sites for hydroxylation is 2. The lowest BCUT2D eigenvalue weighted by Crippen LogP contribution is -2.52. The smallest absolute Gasteiger partial charge is 0.410 e. The average molecular weight is 843 g/mol. The van der Waals surface area contributed by atoms with Crippen molar-refractivity contribution in [3.05, 3.63) is 39.5 Å². The number of anilines is 3. The van der Waals surface area contributed by atoms with E-state index in [4.69, 9.17) is 34.4 Å². The first-order valence-electron chi connectivity index (χ1n) is 20.1. The van der Waals surface area contributed by atoms with Crippen LogP contribution in [0.2, 0.25) is 0 Å². The molecule has 9 rings (SSSR count). The molecule has 2 aliphatic carbocycles. The first-order chi connectivity index (χ1) is 27.9. The molecule has 4 aromatic heterocycles. The maximum absolute atomic E-state index is 16.0. The molecule has 3 saturated heterocycles. The minimum atomic E-state index is -2.97. The van der Waals surface area contributed by atoms with Crippen LogP contribution in [0.1, 0.15) is 72.8 Å². The molecule has 0 aromatic carbocycles. The summed E-state index contributed by atoms with van der Waals surface area (Å²) in [6.45, 7) is 7.98. The fourth-order valence-electron chi connectivity index (χ4n) is 8.74. The Bertz CT molecular complexity index is 2140. The number of morpholine rings is 1. The minimum Gasteiger partial charge on any atom is -0.447 e. The third kappa shape index (κ3) is 8.30. The number of ether oxygens (including phenoxy) is 2. The minimum absolute atomic E-state index is 0.0735. The topological polar surface area (TPSA) is 135 Å². The van der Waals surface area contributed by atoms with Gasteiger partial charge in [-0.3, -0.25) is 4.90 Å². The van der Waals surface area contributed by atoms with Gasteiger partial charge in [-0.2, -0.15) is 0 Å². The molecular formula is C39H46F4N10O3S2. The molecule has 5 aliphatic rings. The number of piperazine rings is 1. The largest absolute Gasteiger partial charge is 0.447 e. The first-order valence-corrected chi connectivity index (χ1v) is 21.8. The molecule has 19 heteroatoms. The molecule has 4 aromatic rings. The second kappa shape index (κ2) is 15.7. The lowest BCUT2D eigenvalue weighted by molar-refractivity contribution is -0.0563. The van der Waals surface area contributed by atoms with Crippen LogP contribution in [0.15, 0.2) is 17.5 Å². The van der Waals surface area contributed by atoms with E-state index in [0.29, 0.717) is 121 Å². The summed E-state index contributed by atoms with van der Waals surface area (Å²) in [7, 11) is 0. The molecule has 3 aliphatic heterocycles. The summed E-state index contributed by atoms with van der Waals surface area (Å²) in [6, 6.07) is 3.37. The zero-order chi connectivity index (χ0) is 40.2. The van der Waals surface area contributed by atoms with Crippen LogP contribution in [-0.2, 0) is 15.9 Å². The van der Waals surface area contributed by atoms with Gasteiger partial charge in [-0.25, -0.2) is 52.3 Å². The van der Waals surface area contributed by atoms with Gasteiger partial charge in [0.25, 0.3) is 5.92 Å². The molecule has 310 valence electrons. The number of cyclic esters (lactones) is 1. The molecule has 7 heterocycles. The molecule has 2 saturated carbocycles. The highest BCUT2D eigenvalue weighted by Gasteiger charge is 2.47. The van der Waals surface area contributed by atoms with Crippen LogP contribution >= 0.6 is 22.7 Å².